The number of carbonyl (C=O) groups is 1. The third-order valence-corrected chi connectivity index (χ3v) is 4.25. The summed E-state index contributed by atoms with van der Waals surface area (Å²) in [6.07, 6.45) is 6.55. The van der Waals surface area contributed by atoms with Crippen LogP contribution in [0.4, 0.5) is 0 Å². The van der Waals surface area contributed by atoms with E-state index in [0.717, 1.165) is 0 Å². The second-order valence-corrected chi connectivity index (χ2v) is 6.35. The lowest BCUT2D eigenvalue weighted by Crippen LogP contribution is -2.45. The standard InChI is InChI=1S/C15H27NO2/c1-10(2)16(11(3)4)15(17)14-13(18-14)12-8-6-5-7-9-12/h10-14H,5-9H2,1-4H3/t13-,14-/m0/s1. The summed E-state index contributed by atoms with van der Waals surface area (Å²) in [6, 6.07) is 0.516. The first-order chi connectivity index (χ1) is 8.52. The van der Waals surface area contributed by atoms with Crippen LogP contribution in [-0.4, -0.2) is 35.1 Å². The number of rotatable bonds is 4. The molecule has 104 valence electrons. The van der Waals surface area contributed by atoms with Crippen LogP contribution in [0.25, 0.3) is 0 Å². The molecular weight excluding hydrogens is 226 g/mol. The van der Waals surface area contributed by atoms with E-state index in [1.807, 2.05) is 4.90 Å². The maximum Gasteiger partial charge on any atom is 0.254 e. The van der Waals surface area contributed by atoms with Gasteiger partial charge in [0.05, 0.1) is 6.10 Å². The van der Waals surface area contributed by atoms with Gasteiger partial charge in [0.25, 0.3) is 5.91 Å². The van der Waals surface area contributed by atoms with Crippen molar-refractivity contribution in [1.29, 1.82) is 0 Å². The highest BCUT2D eigenvalue weighted by molar-refractivity contribution is 5.84. The summed E-state index contributed by atoms with van der Waals surface area (Å²) in [7, 11) is 0. The van der Waals surface area contributed by atoms with Crippen LogP contribution >= 0.6 is 0 Å². The van der Waals surface area contributed by atoms with Crippen molar-refractivity contribution in [1.82, 2.24) is 4.90 Å². The molecule has 0 aromatic heterocycles. The van der Waals surface area contributed by atoms with E-state index < -0.39 is 0 Å². The molecule has 0 aromatic rings. The van der Waals surface area contributed by atoms with Crippen LogP contribution in [0.3, 0.4) is 0 Å². The van der Waals surface area contributed by atoms with E-state index in [-0.39, 0.29) is 30.2 Å². The molecule has 2 atom stereocenters. The van der Waals surface area contributed by atoms with Gasteiger partial charge in [-0.05, 0) is 46.5 Å². The molecule has 3 nitrogen and oxygen atoms in total. The normalized spacial score (nSPS) is 28.8. The molecule has 1 amide bonds. The van der Waals surface area contributed by atoms with Gasteiger partial charge < -0.3 is 9.64 Å². The Morgan fingerprint density at radius 2 is 1.61 bits per heavy atom. The maximum absolute atomic E-state index is 12.4. The van der Waals surface area contributed by atoms with Gasteiger partial charge in [-0.25, -0.2) is 0 Å². The highest BCUT2D eigenvalue weighted by atomic mass is 16.6. The SMILES string of the molecule is CC(C)N(C(=O)[C@H]1O[C@H]1C1CCCCC1)C(C)C. The Morgan fingerprint density at radius 1 is 1.06 bits per heavy atom. The summed E-state index contributed by atoms with van der Waals surface area (Å²) in [4.78, 5) is 14.4. The van der Waals surface area contributed by atoms with Gasteiger partial charge in [0.1, 0.15) is 0 Å². The molecule has 1 aliphatic carbocycles. The molecule has 2 rings (SSSR count). The lowest BCUT2D eigenvalue weighted by atomic mass is 9.85. The first-order valence-corrected chi connectivity index (χ1v) is 7.50. The number of hydrogen-bond donors (Lipinski definition) is 0. The van der Waals surface area contributed by atoms with Crippen LogP contribution in [0, 0.1) is 5.92 Å². The zero-order valence-electron chi connectivity index (χ0n) is 12.2. The van der Waals surface area contributed by atoms with E-state index in [1.165, 1.54) is 32.1 Å². The fourth-order valence-corrected chi connectivity index (χ4v) is 3.40. The zero-order chi connectivity index (χ0) is 13.3. The smallest absolute Gasteiger partial charge is 0.254 e. The Bertz CT molecular complexity index is 287. The number of nitrogens with zero attached hydrogens (tertiary/aromatic N) is 1. The van der Waals surface area contributed by atoms with Crippen molar-refractivity contribution in [3.8, 4) is 0 Å². The fraction of sp³-hybridized carbons (Fsp3) is 0.933. The van der Waals surface area contributed by atoms with Crippen LogP contribution in [0.15, 0.2) is 0 Å². The van der Waals surface area contributed by atoms with Crippen molar-refractivity contribution in [2.45, 2.75) is 84.1 Å². The molecule has 18 heavy (non-hydrogen) atoms. The minimum Gasteiger partial charge on any atom is -0.359 e. The second-order valence-electron chi connectivity index (χ2n) is 6.35. The van der Waals surface area contributed by atoms with E-state index in [9.17, 15) is 4.79 Å². The molecular formula is C15H27NO2. The van der Waals surface area contributed by atoms with E-state index in [0.29, 0.717) is 5.92 Å². The van der Waals surface area contributed by atoms with Crippen LogP contribution in [0.2, 0.25) is 0 Å². The monoisotopic (exact) mass is 253 g/mol. The van der Waals surface area contributed by atoms with Crippen molar-refractivity contribution in [2.75, 3.05) is 0 Å². The molecule has 0 unspecified atom stereocenters. The average Bonchev–Trinajstić information content (AvgIpc) is 3.09. The van der Waals surface area contributed by atoms with Gasteiger partial charge in [-0.1, -0.05) is 19.3 Å². The molecule has 0 aromatic carbocycles. The first-order valence-electron chi connectivity index (χ1n) is 7.50. The summed E-state index contributed by atoms with van der Waals surface area (Å²) < 4.78 is 5.71. The summed E-state index contributed by atoms with van der Waals surface area (Å²) in [5.74, 6) is 0.837. The van der Waals surface area contributed by atoms with Crippen LogP contribution in [0.1, 0.15) is 59.8 Å². The third-order valence-electron chi connectivity index (χ3n) is 4.25. The number of epoxide rings is 1. The Morgan fingerprint density at radius 3 is 2.11 bits per heavy atom. The largest absolute Gasteiger partial charge is 0.359 e. The summed E-state index contributed by atoms with van der Waals surface area (Å²) in [6.45, 7) is 8.32. The molecule has 0 radical (unpaired) electrons. The van der Waals surface area contributed by atoms with Crippen LogP contribution in [0.5, 0.6) is 0 Å². The molecule has 1 aliphatic heterocycles. The molecule has 1 heterocycles. The molecule has 0 bridgehead atoms. The van der Waals surface area contributed by atoms with Gasteiger partial charge in [-0.15, -0.1) is 0 Å². The number of carbonyl (C=O) groups excluding carboxylic acids is 1. The third kappa shape index (κ3) is 2.87. The number of amides is 1. The molecule has 0 spiro atoms. The molecule has 3 heteroatoms. The minimum absolute atomic E-state index is 0.141. The van der Waals surface area contributed by atoms with Gasteiger partial charge in [0.15, 0.2) is 6.10 Å². The minimum atomic E-state index is -0.141. The summed E-state index contributed by atoms with van der Waals surface area (Å²) >= 11 is 0. The topological polar surface area (TPSA) is 32.8 Å². The van der Waals surface area contributed by atoms with Crippen molar-refractivity contribution < 1.29 is 9.53 Å². The van der Waals surface area contributed by atoms with Crippen LogP contribution < -0.4 is 0 Å². The maximum atomic E-state index is 12.4. The average molecular weight is 253 g/mol. The number of ether oxygens (including phenoxy) is 1. The summed E-state index contributed by atoms with van der Waals surface area (Å²) in [5.41, 5.74) is 0. The van der Waals surface area contributed by atoms with E-state index in [1.54, 1.807) is 0 Å². The molecule has 2 aliphatic rings. The van der Waals surface area contributed by atoms with Gasteiger partial charge >= 0.3 is 0 Å². The molecule has 1 saturated carbocycles. The Labute approximate surface area is 111 Å². The molecule has 1 saturated heterocycles. The Kier molecular flexibility index (Phi) is 4.31. The number of hydrogen-bond acceptors (Lipinski definition) is 2. The van der Waals surface area contributed by atoms with Crippen molar-refractivity contribution in [3.05, 3.63) is 0 Å². The molecule has 2 fully saturated rings. The first kappa shape index (κ1) is 13.9. The van der Waals surface area contributed by atoms with E-state index in [2.05, 4.69) is 27.7 Å². The van der Waals surface area contributed by atoms with Crippen molar-refractivity contribution in [2.24, 2.45) is 5.92 Å². The van der Waals surface area contributed by atoms with Crippen molar-refractivity contribution in [3.63, 3.8) is 0 Å². The zero-order valence-corrected chi connectivity index (χ0v) is 12.2. The summed E-state index contributed by atoms with van der Waals surface area (Å²) in [5, 5.41) is 0. The fourth-order valence-electron chi connectivity index (χ4n) is 3.40. The second kappa shape index (κ2) is 5.60. The predicted octanol–water partition coefficient (Wildman–Crippen LogP) is 2.98. The highest BCUT2D eigenvalue weighted by Crippen LogP contribution is 2.39. The Hall–Kier alpha value is -0.570. The quantitative estimate of drug-likeness (QED) is 0.722. The van der Waals surface area contributed by atoms with Gasteiger partial charge in [-0.3, -0.25) is 4.79 Å². The van der Waals surface area contributed by atoms with Crippen LogP contribution in [-0.2, 0) is 9.53 Å². The van der Waals surface area contributed by atoms with Gasteiger partial charge in [0, 0.05) is 12.1 Å². The predicted molar refractivity (Wildman–Crippen MR) is 72.4 cm³/mol. The van der Waals surface area contributed by atoms with Gasteiger partial charge in [-0.2, -0.15) is 0 Å². The highest BCUT2D eigenvalue weighted by Gasteiger charge is 2.51. The lowest BCUT2D eigenvalue weighted by Gasteiger charge is -2.30. The lowest BCUT2D eigenvalue weighted by molar-refractivity contribution is -0.136. The molecule has 0 N–H and O–H groups in total. The Balaban J connectivity index is 1.91. The van der Waals surface area contributed by atoms with Gasteiger partial charge in [0.2, 0.25) is 0 Å². The van der Waals surface area contributed by atoms with E-state index >= 15 is 0 Å². The van der Waals surface area contributed by atoms with E-state index in [4.69, 9.17) is 4.74 Å². The van der Waals surface area contributed by atoms with Crippen molar-refractivity contribution >= 4 is 5.91 Å².